The summed E-state index contributed by atoms with van der Waals surface area (Å²) in [7, 11) is 3.77. The number of carbonyl (C=O) groups is 1. The lowest BCUT2D eigenvalue weighted by molar-refractivity contribution is -0.125. The molecule has 0 radical (unpaired) electrons. The van der Waals surface area contributed by atoms with Gasteiger partial charge in [0.15, 0.2) is 15.8 Å². The lowest BCUT2D eigenvalue weighted by Crippen LogP contribution is -2.38. The zero-order valence-electron chi connectivity index (χ0n) is 14.3. The van der Waals surface area contributed by atoms with E-state index < -0.39 is 0 Å². The van der Waals surface area contributed by atoms with Crippen LogP contribution in [0.2, 0.25) is 0 Å². The highest BCUT2D eigenvalue weighted by Gasteiger charge is 2.25. The van der Waals surface area contributed by atoms with Gasteiger partial charge in [-0.05, 0) is 38.7 Å². The smallest absolute Gasteiger partial charge is 0.241 e. The van der Waals surface area contributed by atoms with E-state index in [-0.39, 0.29) is 18.7 Å². The minimum atomic E-state index is -0.386. The Morgan fingerprint density at radius 3 is 2.88 bits per heavy atom. The number of rotatable bonds is 7. The highest BCUT2D eigenvalue weighted by molar-refractivity contribution is 8.01. The Labute approximate surface area is 154 Å². The van der Waals surface area contributed by atoms with Crippen molar-refractivity contribution in [1.82, 2.24) is 20.4 Å². The highest BCUT2D eigenvalue weighted by atomic mass is 32.2. The normalized spacial score (nSPS) is 13.9. The summed E-state index contributed by atoms with van der Waals surface area (Å²) >= 11 is 3.16. The molecule has 0 unspecified atom stereocenters. The van der Waals surface area contributed by atoms with Gasteiger partial charge >= 0.3 is 0 Å². The van der Waals surface area contributed by atoms with Gasteiger partial charge in [-0.3, -0.25) is 9.69 Å². The van der Waals surface area contributed by atoms with Crippen LogP contribution in [0.5, 0.6) is 11.5 Å². The van der Waals surface area contributed by atoms with Crippen molar-refractivity contribution in [2.24, 2.45) is 0 Å². The molecule has 0 saturated carbocycles. The fraction of sp³-hybridized carbons (Fsp3) is 0.438. The topological polar surface area (TPSA) is 76.6 Å². The van der Waals surface area contributed by atoms with Crippen molar-refractivity contribution >= 4 is 29.0 Å². The van der Waals surface area contributed by atoms with Crippen LogP contribution in [0.15, 0.2) is 22.5 Å². The number of aryl methyl sites for hydroxylation is 1. The van der Waals surface area contributed by atoms with Crippen LogP contribution in [0.1, 0.15) is 16.6 Å². The molecule has 0 aliphatic carbocycles. The lowest BCUT2D eigenvalue weighted by Gasteiger charge is -2.24. The summed E-state index contributed by atoms with van der Waals surface area (Å²) in [5, 5.41) is 12.0. The molecule has 7 nitrogen and oxygen atoms in total. The molecule has 2 aromatic rings. The van der Waals surface area contributed by atoms with Crippen LogP contribution in [-0.4, -0.2) is 54.2 Å². The first-order valence-electron chi connectivity index (χ1n) is 7.81. The van der Waals surface area contributed by atoms with Crippen molar-refractivity contribution in [3.05, 3.63) is 28.8 Å². The Kier molecular flexibility index (Phi) is 5.77. The summed E-state index contributed by atoms with van der Waals surface area (Å²) in [6.07, 6.45) is 0. The van der Waals surface area contributed by atoms with Gasteiger partial charge in [0.2, 0.25) is 12.7 Å². The Morgan fingerprint density at radius 2 is 2.16 bits per heavy atom. The Bertz CT molecular complexity index is 751. The van der Waals surface area contributed by atoms with Gasteiger partial charge in [-0.1, -0.05) is 29.2 Å². The molecule has 9 heteroatoms. The summed E-state index contributed by atoms with van der Waals surface area (Å²) in [5.74, 6) is 2.10. The van der Waals surface area contributed by atoms with Crippen molar-refractivity contribution < 1.29 is 14.3 Å². The van der Waals surface area contributed by atoms with Crippen LogP contribution in [-0.2, 0) is 4.79 Å². The molecule has 0 spiro atoms. The number of thioether (sulfide) groups is 1. The fourth-order valence-electron chi connectivity index (χ4n) is 2.51. The number of nitrogens with one attached hydrogen (secondary N) is 1. The SMILES string of the molecule is Cc1nnc(SCCNC(=O)[C@H](c2ccc3c(c2)OCO3)N(C)C)s1. The molecule has 1 aliphatic rings. The third-order valence-electron chi connectivity index (χ3n) is 3.61. The Hall–Kier alpha value is -1.84. The molecule has 1 N–H and O–H groups in total. The van der Waals surface area contributed by atoms with Crippen LogP contribution in [0.4, 0.5) is 0 Å². The van der Waals surface area contributed by atoms with E-state index in [1.54, 1.807) is 23.1 Å². The van der Waals surface area contributed by atoms with Gasteiger partial charge in [0.1, 0.15) is 11.0 Å². The van der Waals surface area contributed by atoms with Gasteiger partial charge in [-0.25, -0.2) is 0 Å². The molecule has 0 saturated heterocycles. The van der Waals surface area contributed by atoms with Crippen molar-refractivity contribution in [2.45, 2.75) is 17.3 Å². The molecule has 1 aromatic heterocycles. The quantitative estimate of drug-likeness (QED) is 0.582. The first kappa shape index (κ1) is 18.0. The standard InChI is InChI=1S/C16H20N4O3S2/c1-10-18-19-16(25-10)24-7-6-17-15(21)14(20(2)3)11-4-5-12-13(8-11)23-9-22-12/h4-5,8,14H,6-7,9H2,1-3H3,(H,17,21)/t14-/m0/s1. The molecular weight excluding hydrogens is 360 g/mol. The van der Waals surface area contributed by atoms with E-state index in [1.807, 2.05) is 44.1 Å². The summed E-state index contributed by atoms with van der Waals surface area (Å²) in [5.41, 5.74) is 0.874. The number of ether oxygens (including phenoxy) is 2. The fourth-order valence-corrected chi connectivity index (χ4v) is 4.25. The van der Waals surface area contributed by atoms with E-state index in [0.717, 1.165) is 20.7 Å². The number of likely N-dealkylation sites (N-methyl/N-ethyl adjacent to an activating group) is 1. The van der Waals surface area contributed by atoms with Crippen LogP contribution in [0.25, 0.3) is 0 Å². The van der Waals surface area contributed by atoms with Crippen LogP contribution < -0.4 is 14.8 Å². The van der Waals surface area contributed by atoms with Gasteiger partial charge < -0.3 is 14.8 Å². The highest BCUT2D eigenvalue weighted by Crippen LogP contribution is 2.35. The molecule has 0 fully saturated rings. The van der Waals surface area contributed by atoms with Gasteiger partial charge in [0.25, 0.3) is 0 Å². The lowest BCUT2D eigenvalue weighted by atomic mass is 10.0. The van der Waals surface area contributed by atoms with E-state index in [2.05, 4.69) is 15.5 Å². The Balaban J connectivity index is 1.57. The van der Waals surface area contributed by atoms with Gasteiger partial charge in [-0.2, -0.15) is 0 Å². The number of hydrogen-bond acceptors (Lipinski definition) is 8. The monoisotopic (exact) mass is 380 g/mol. The maximum absolute atomic E-state index is 12.6. The second-order valence-electron chi connectivity index (χ2n) is 5.71. The molecule has 3 rings (SSSR count). The molecule has 1 atom stereocenters. The largest absolute Gasteiger partial charge is 0.454 e. The number of fused-ring (bicyclic) bond motifs is 1. The minimum absolute atomic E-state index is 0.0436. The summed E-state index contributed by atoms with van der Waals surface area (Å²) in [4.78, 5) is 14.5. The van der Waals surface area contributed by atoms with Gasteiger partial charge in [-0.15, -0.1) is 10.2 Å². The van der Waals surface area contributed by atoms with Crippen LogP contribution >= 0.6 is 23.1 Å². The summed E-state index contributed by atoms with van der Waals surface area (Å²) in [6, 6.07) is 5.22. The van der Waals surface area contributed by atoms with E-state index >= 15 is 0 Å². The number of carbonyl (C=O) groups excluding carboxylic acids is 1. The molecule has 1 aromatic carbocycles. The van der Waals surface area contributed by atoms with Crippen molar-refractivity contribution in [3.63, 3.8) is 0 Å². The first-order valence-corrected chi connectivity index (χ1v) is 9.61. The van der Waals surface area contributed by atoms with Crippen molar-refractivity contribution in [3.8, 4) is 11.5 Å². The number of nitrogens with zero attached hydrogens (tertiary/aromatic N) is 3. The average molecular weight is 380 g/mol. The maximum atomic E-state index is 12.6. The number of amides is 1. The minimum Gasteiger partial charge on any atom is -0.454 e. The third-order valence-corrected chi connectivity index (χ3v) is 5.59. The van der Waals surface area contributed by atoms with Gasteiger partial charge in [0, 0.05) is 12.3 Å². The molecular formula is C16H20N4O3S2. The Morgan fingerprint density at radius 1 is 1.36 bits per heavy atom. The molecule has 1 aliphatic heterocycles. The molecule has 2 heterocycles. The number of benzene rings is 1. The molecule has 1 amide bonds. The molecule has 134 valence electrons. The van der Waals surface area contributed by atoms with Crippen molar-refractivity contribution in [2.75, 3.05) is 33.2 Å². The second kappa shape index (κ2) is 8.03. The van der Waals surface area contributed by atoms with Crippen molar-refractivity contribution in [1.29, 1.82) is 0 Å². The number of aromatic nitrogens is 2. The first-order chi connectivity index (χ1) is 12.0. The van der Waals surface area contributed by atoms with Gasteiger partial charge in [0.05, 0.1) is 0 Å². The van der Waals surface area contributed by atoms with E-state index in [0.29, 0.717) is 18.0 Å². The third kappa shape index (κ3) is 4.42. The number of hydrogen-bond donors (Lipinski definition) is 1. The zero-order chi connectivity index (χ0) is 17.8. The average Bonchev–Trinajstić information content (AvgIpc) is 3.19. The summed E-state index contributed by atoms with van der Waals surface area (Å²) in [6.45, 7) is 2.72. The van der Waals surface area contributed by atoms with E-state index in [4.69, 9.17) is 9.47 Å². The van der Waals surface area contributed by atoms with Crippen LogP contribution in [0, 0.1) is 6.92 Å². The molecule has 0 bridgehead atoms. The van der Waals surface area contributed by atoms with Crippen LogP contribution in [0.3, 0.4) is 0 Å². The molecule has 25 heavy (non-hydrogen) atoms. The van der Waals surface area contributed by atoms with E-state index in [1.165, 1.54) is 0 Å². The summed E-state index contributed by atoms with van der Waals surface area (Å²) < 4.78 is 11.7. The second-order valence-corrected chi connectivity index (χ2v) is 8.23. The predicted molar refractivity (Wildman–Crippen MR) is 97.4 cm³/mol. The zero-order valence-corrected chi connectivity index (χ0v) is 15.9. The maximum Gasteiger partial charge on any atom is 0.241 e. The predicted octanol–water partition coefficient (Wildman–Crippen LogP) is 2.09. The van der Waals surface area contributed by atoms with E-state index in [9.17, 15) is 4.79 Å².